The first kappa shape index (κ1) is 21.9. The van der Waals surface area contributed by atoms with Crippen molar-refractivity contribution in [2.45, 2.75) is 59.5 Å². The minimum atomic E-state index is -0.582. The van der Waals surface area contributed by atoms with Gasteiger partial charge in [-0.05, 0) is 50.8 Å². The van der Waals surface area contributed by atoms with Gasteiger partial charge in [0.15, 0.2) is 5.78 Å². The molecule has 1 unspecified atom stereocenters. The third-order valence-electron chi connectivity index (χ3n) is 5.55. The van der Waals surface area contributed by atoms with Crippen molar-refractivity contribution in [2.24, 2.45) is 5.41 Å². The molecular formula is C24H31NO5. The third-order valence-corrected chi connectivity index (χ3v) is 5.55. The average molecular weight is 414 g/mol. The van der Waals surface area contributed by atoms with Crippen LogP contribution >= 0.6 is 0 Å². The molecular weight excluding hydrogens is 382 g/mol. The Hall–Kier alpha value is -2.76. The SMILES string of the molecule is COc1ccc(OC)c(C2C(C(=O)OC(C)C)=C(C)NC3=C2C(=O)CC(C)(C)C3)c1. The van der Waals surface area contributed by atoms with Gasteiger partial charge in [0.1, 0.15) is 11.5 Å². The molecule has 2 aliphatic rings. The predicted octanol–water partition coefficient (Wildman–Crippen LogP) is 4.26. The molecule has 1 aliphatic heterocycles. The number of hydrogen-bond donors (Lipinski definition) is 1. The van der Waals surface area contributed by atoms with Crippen molar-refractivity contribution in [3.05, 3.63) is 46.3 Å². The van der Waals surface area contributed by atoms with E-state index in [0.717, 1.165) is 12.1 Å². The summed E-state index contributed by atoms with van der Waals surface area (Å²) >= 11 is 0. The quantitative estimate of drug-likeness (QED) is 0.727. The molecule has 1 aliphatic carbocycles. The number of carbonyl (C=O) groups is 2. The van der Waals surface area contributed by atoms with E-state index in [0.29, 0.717) is 40.3 Å². The van der Waals surface area contributed by atoms with Gasteiger partial charge in [0.05, 0.1) is 31.8 Å². The number of rotatable bonds is 5. The Kier molecular flexibility index (Phi) is 5.97. The number of dihydropyridines is 1. The molecule has 1 aromatic rings. The molecule has 0 spiro atoms. The molecule has 162 valence electrons. The van der Waals surface area contributed by atoms with Gasteiger partial charge in [-0.1, -0.05) is 13.8 Å². The molecule has 30 heavy (non-hydrogen) atoms. The van der Waals surface area contributed by atoms with Gasteiger partial charge in [-0.15, -0.1) is 0 Å². The Morgan fingerprint density at radius 3 is 2.47 bits per heavy atom. The molecule has 0 aromatic heterocycles. The molecule has 6 nitrogen and oxygen atoms in total. The Labute approximate surface area is 178 Å². The maximum absolute atomic E-state index is 13.3. The van der Waals surface area contributed by atoms with Crippen LogP contribution in [0.4, 0.5) is 0 Å². The van der Waals surface area contributed by atoms with Crippen LogP contribution < -0.4 is 14.8 Å². The van der Waals surface area contributed by atoms with E-state index in [2.05, 4.69) is 19.2 Å². The molecule has 0 saturated carbocycles. The van der Waals surface area contributed by atoms with Crippen LogP contribution in [-0.2, 0) is 14.3 Å². The Morgan fingerprint density at radius 1 is 1.17 bits per heavy atom. The summed E-state index contributed by atoms with van der Waals surface area (Å²) in [5, 5.41) is 3.34. The number of benzene rings is 1. The van der Waals surface area contributed by atoms with Crippen LogP contribution in [0.2, 0.25) is 0 Å². The summed E-state index contributed by atoms with van der Waals surface area (Å²) in [7, 11) is 3.16. The van der Waals surface area contributed by atoms with E-state index >= 15 is 0 Å². The molecule has 1 heterocycles. The first-order chi connectivity index (χ1) is 14.1. The van der Waals surface area contributed by atoms with Gasteiger partial charge in [-0.2, -0.15) is 0 Å². The molecule has 0 fully saturated rings. The van der Waals surface area contributed by atoms with Crippen LogP contribution in [0.1, 0.15) is 58.9 Å². The number of ether oxygens (including phenoxy) is 3. The summed E-state index contributed by atoms with van der Waals surface area (Å²) in [6, 6.07) is 5.43. The first-order valence-corrected chi connectivity index (χ1v) is 10.2. The van der Waals surface area contributed by atoms with Gasteiger partial charge >= 0.3 is 5.97 Å². The van der Waals surface area contributed by atoms with E-state index in [9.17, 15) is 9.59 Å². The van der Waals surface area contributed by atoms with Crippen molar-refractivity contribution in [2.75, 3.05) is 14.2 Å². The molecule has 0 radical (unpaired) electrons. The fourth-order valence-corrected chi connectivity index (χ4v) is 4.36. The highest BCUT2D eigenvalue weighted by atomic mass is 16.5. The fraction of sp³-hybridized carbons (Fsp3) is 0.500. The average Bonchev–Trinajstić information content (AvgIpc) is 2.64. The van der Waals surface area contributed by atoms with Crippen molar-refractivity contribution in [1.29, 1.82) is 0 Å². The second kappa shape index (κ2) is 8.17. The van der Waals surface area contributed by atoms with Crippen molar-refractivity contribution in [3.63, 3.8) is 0 Å². The lowest BCUT2D eigenvalue weighted by atomic mass is 9.68. The zero-order chi connectivity index (χ0) is 22.2. The molecule has 0 amide bonds. The molecule has 3 rings (SSSR count). The maximum atomic E-state index is 13.3. The number of hydrogen-bond acceptors (Lipinski definition) is 6. The minimum absolute atomic E-state index is 0.0333. The number of carbonyl (C=O) groups excluding carboxylic acids is 2. The molecule has 6 heteroatoms. The van der Waals surface area contributed by atoms with Crippen LogP contribution in [0, 0.1) is 5.41 Å². The topological polar surface area (TPSA) is 73.9 Å². The second-order valence-electron chi connectivity index (χ2n) is 8.99. The summed E-state index contributed by atoms with van der Waals surface area (Å²) in [6.45, 7) is 9.64. The summed E-state index contributed by atoms with van der Waals surface area (Å²) in [5.74, 6) is 0.236. The number of methoxy groups -OCH3 is 2. The summed E-state index contributed by atoms with van der Waals surface area (Å²) < 4.78 is 16.6. The highest BCUT2D eigenvalue weighted by Gasteiger charge is 2.44. The Bertz CT molecular complexity index is 939. The summed E-state index contributed by atoms with van der Waals surface area (Å²) in [5.41, 5.74) is 3.17. The molecule has 0 bridgehead atoms. The van der Waals surface area contributed by atoms with Crippen LogP contribution in [0.25, 0.3) is 0 Å². The number of Topliss-reactive ketones (excluding diaryl/α,β-unsaturated/α-hetero) is 1. The van der Waals surface area contributed by atoms with Gasteiger partial charge in [-0.3, -0.25) is 4.79 Å². The van der Waals surface area contributed by atoms with Crippen LogP contribution in [0.15, 0.2) is 40.7 Å². The van der Waals surface area contributed by atoms with Gasteiger partial charge < -0.3 is 19.5 Å². The van der Waals surface area contributed by atoms with Gasteiger partial charge in [0.2, 0.25) is 0 Å². The van der Waals surface area contributed by atoms with Gasteiger partial charge in [0.25, 0.3) is 0 Å². The number of ketones is 1. The zero-order valence-electron chi connectivity index (χ0n) is 18.8. The second-order valence-corrected chi connectivity index (χ2v) is 8.99. The number of allylic oxidation sites excluding steroid dienone is 3. The largest absolute Gasteiger partial charge is 0.497 e. The predicted molar refractivity (Wildman–Crippen MR) is 114 cm³/mol. The smallest absolute Gasteiger partial charge is 0.337 e. The van der Waals surface area contributed by atoms with E-state index in [-0.39, 0.29) is 17.3 Å². The lowest BCUT2D eigenvalue weighted by Gasteiger charge is -2.39. The van der Waals surface area contributed by atoms with Crippen molar-refractivity contribution in [1.82, 2.24) is 5.32 Å². The molecule has 1 atom stereocenters. The standard InChI is InChI=1S/C24H31NO5/c1-13(2)30-23(27)20-14(3)25-17-11-24(4,5)12-18(26)22(17)21(20)16-10-15(28-6)8-9-19(16)29-7/h8-10,13,21,25H,11-12H2,1-7H3. The van der Waals surface area contributed by atoms with Crippen molar-refractivity contribution < 1.29 is 23.8 Å². The number of esters is 1. The van der Waals surface area contributed by atoms with Crippen LogP contribution in [0.3, 0.4) is 0 Å². The number of nitrogens with one attached hydrogen (secondary N) is 1. The Morgan fingerprint density at radius 2 is 1.87 bits per heavy atom. The van der Waals surface area contributed by atoms with Crippen molar-refractivity contribution in [3.8, 4) is 11.5 Å². The lowest BCUT2D eigenvalue weighted by Crippen LogP contribution is -2.39. The van der Waals surface area contributed by atoms with Crippen molar-refractivity contribution >= 4 is 11.8 Å². The van der Waals surface area contributed by atoms with E-state index in [1.54, 1.807) is 26.4 Å². The first-order valence-electron chi connectivity index (χ1n) is 10.2. The molecule has 1 aromatic carbocycles. The highest BCUT2D eigenvalue weighted by Crippen LogP contribution is 2.49. The van der Waals surface area contributed by atoms with Crippen LogP contribution in [0.5, 0.6) is 11.5 Å². The molecule has 1 N–H and O–H groups in total. The fourth-order valence-electron chi connectivity index (χ4n) is 4.36. The van der Waals surface area contributed by atoms with E-state index in [4.69, 9.17) is 14.2 Å². The lowest BCUT2D eigenvalue weighted by molar-refractivity contribution is -0.143. The summed E-state index contributed by atoms with van der Waals surface area (Å²) in [6.07, 6.45) is 0.866. The van der Waals surface area contributed by atoms with Crippen LogP contribution in [-0.4, -0.2) is 32.1 Å². The zero-order valence-corrected chi connectivity index (χ0v) is 18.8. The third kappa shape index (κ3) is 4.09. The van der Waals surface area contributed by atoms with E-state index < -0.39 is 11.9 Å². The normalized spacial score (nSPS) is 20.7. The molecule has 0 saturated heterocycles. The highest BCUT2D eigenvalue weighted by molar-refractivity contribution is 6.04. The summed E-state index contributed by atoms with van der Waals surface area (Å²) in [4.78, 5) is 26.5. The minimum Gasteiger partial charge on any atom is -0.497 e. The van der Waals surface area contributed by atoms with E-state index in [1.807, 2.05) is 26.8 Å². The monoisotopic (exact) mass is 413 g/mol. The van der Waals surface area contributed by atoms with Gasteiger partial charge in [-0.25, -0.2) is 4.79 Å². The van der Waals surface area contributed by atoms with Gasteiger partial charge in [0, 0.05) is 29.0 Å². The maximum Gasteiger partial charge on any atom is 0.337 e. The van der Waals surface area contributed by atoms with E-state index in [1.165, 1.54) is 0 Å². The Balaban J connectivity index is 2.26.